The Labute approximate surface area is 185 Å². The molecule has 0 rings (SSSR count). The minimum Gasteiger partial charge on any atom is -0.330 e. The summed E-state index contributed by atoms with van der Waals surface area (Å²) in [5.74, 6) is 2.62. The van der Waals surface area contributed by atoms with E-state index in [4.69, 9.17) is 5.73 Å². The smallest absolute Gasteiger partial charge is 0.00232 e. The van der Waals surface area contributed by atoms with Crippen molar-refractivity contribution in [3.8, 4) is 0 Å². The van der Waals surface area contributed by atoms with E-state index in [1.807, 2.05) is 0 Å². The Morgan fingerprint density at radius 3 is 1.59 bits per heavy atom. The molecule has 176 valence electrons. The molecule has 2 nitrogen and oxygen atoms in total. The molecule has 0 aliphatic rings. The quantitative estimate of drug-likeness (QED) is 0.167. The number of nitrogens with two attached hydrogens (primary N) is 1. The molecule has 0 saturated carbocycles. The van der Waals surface area contributed by atoms with Gasteiger partial charge in [-0.1, -0.05) is 118 Å². The van der Waals surface area contributed by atoms with E-state index in [9.17, 15) is 0 Å². The van der Waals surface area contributed by atoms with Gasteiger partial charge in [-0.3, -0.25) is 0 Å². The molecule has 0 fully saturated rings. The molecule has 3 N–H and O–H groups in total. The van der Waals surface area contributed by atoms with Crippen LogP contribution in [0.1, 0.15) is 137 Å². The zero-order chi connectivity index (χ0) is 21.6. The van der Waals surface area contributed by atoms with Gasteiger partial charge in [0, 0.05) is 0 Å². The minimum absolute atomic E-state index is 0.805. The van der Waals surface area contributed by atoms with Crippen molar-refractivity contribution in [2.24, 2.45) is 23.5 Å². The van der Waals surface area contributed by atoms with Crippen molar-refractivity contribution in [2.75, 3.05) is 19.6 Å². The molecule has 29 heavy (non-hydrogen) atoms. The molecule has 0 radical (unpaired) electrons. The van der Waals surface area contributed by atoms with Gasteiger partial charge >= 0.3 is 0 Å². The van der Waals surface area contributed by atoms with Crippen LogP contribution in [0.4, 0.5) is 0 Å². The number of rotatable bonds is 23. The van der Waals surface area contributed by atoms with Crippen LogP contribution in [0.5, 0.6) is 0 Å². The first-order chi connectivity index (χ1) is 14.1. The standard InChI is InChI=1S/C27H58N2/c1-5-6-7-8-9-10-11-12-13-14-17-25(2)18-19-26(3)20-21-27(4)24-29-23-16-15-22-28/h25-27,29H,5-24,28H2,1-4H3. The van der Waals surface area contributed by atoms with Crippen LogP contribution in [0, 0.1) is 17.8 Å². The van der Waals surface area contributed by atoms with E-state index in [-0.39, 0.29) is 0 Å². The summed E-state index contributed by atoms with van der Waals surface area (Å²) in [4.78, 5) is 0. The first-order valence-electron chi connectivity index (χ1n) is 13.5. The molecule has 0 aliphatic heterocycles. The molecule has 0 spiro atoms. The van der Waals surface area contributed by atoms with Gasteiger partial charge in [-0.25, -0.2) is 0 Å². The molecule has 0 amide bonds. The van der Waals surface area contributed by atoms with E-state index in [2.05, 4.69) is 33.0 Å². The fraction of sp³-hybridized carbons (Fsp3) is 1.00. The van der Waals surface area contributed by atoms with Crippen LogP contribution in [-0.4, -0.2) is 19.6 Å². The second-order valence-corrected chi connectivity index (χ2v) is 10.1. The topological polar surface area (TPSA) is 38.0 Å². The zero-order valence-corrected chi connectivity index (χ0v) is 21.0. The van der Waals surface area contributed by atoms with Gasteiger partial charge in [0.1, 0.15) is 0 Å². The van der Waals surface area contributed by atoms with Crippen molar-refractivity contribution in [3.05, 3.63) is 0 Å². The first-order valence-corrected chi connectivity index (χ1v) is 13.5. The Morgan fingerprint density at radius 1 is 0.552 bits per heavy atom. The SMILES string of the molecule is CCCCCCCCCCCCC(C)CCC(C)CCC(C)CNCCCCN. The number of hydrogen-bond acceptors (Lipinski definition) is 2. The Bertz CT molecular complexity index is 305. The lowest BCUT2D eigenvalue weighted by Crippen LogP contribution is -2.23. The molecule has 3 unspecified atom stereocenters. The van der Waals surface area contributed by atoms with E-state index in [0.29, 0.717) is 0 Å². The summed E-state index contributed by atoms with van der Waals surface area (Å²) in [5.41, 5.74) is 5.54. The maximum Gasteiger partial charge on any atom is -0.00232 e. The van der Waals surface area contributed by atoms with Crippen LogP contribution < -0.4 is 11.1 Å². The molecule has 0 aliphatic carbocycles. The third kappa shape index (κ3) is 22.4. The molecular formula is C27H58N2. The summed E-state index contributed by atoms with van der Waals surface area (Å²) in [6, 6.07) is 0. The normalized spacial score (nSPS) is 14.8. The van der Waals surface area contributed by atoms with E-state index < -0.39 is 0 Å². The maximum absolute atomic E-state index is 5.54. The van der Waals surface area contributed by atoms with Gasteiger partial charge in [0.05, 0.1) is 0 Å². The van der Waals surface area contributed by atoms with Crippen molar-refractivity contribution in [3.63, 3.8) is 0 Å². The zero-order valence-electron chi connectivity index (χ0n) is 21.0. The average molecular weight is 411 g/mol. The van der Waals surface area contributed by atoms with Crippen LogP contribution in [0.15, 0.2) is 0 Å². The fourth-order valence-corrected chi connectivity index (χ4v) is 4.25. The molecule has 2 heteroatoms. The Morgan fingerprint density at radius 2 is 1.03 bits per heavy atom. The van der Waals surface area contributed by atoms with Crippen LogP contribution >= 0.6 is 0 Å². The van der Waals surface area contributed by atoms with Gasteiger partial charge in [0.25, 0.3) is 0 Å². The van der Waals surface area contributed by atoms with Crippen LogP contribution in [-0.2, 0) is 0 Å². The summed E-state index contributed by atoms with van der Waals surface area (Å²) in [5, 5.41) is 3.59. The van der Waals surface area contributed by atoms with Gasteiger partial charge in [0.2, 0.25) is 0 Å². The van der Waals surface area contributed by atoms with Gasteiger partial charge in [0.15, 0.2) is 0 Å². The largest absolute Gasteiger partial charge is 0.330 e. The molecule has 0 heterocycles. The van der Waals surface area contributed by atoms with Crippen LogP contribution in [0.3, 0.4) is 0 Å². The fourth-order valence-electron chi connectivity index (χ4n) is 4.25. The maximum atomic E-state index is 5.54. The van der Waals surface area contributed by atoms with Gasteiger partial charge in [-0.15, -0.1) is 0 Å². The highest BCUT2D eigenvalue weighted by Gasteiger charge is 2.09. The van der Waals surface area contributed by atoms with Crippen LogP contribution in [0.25, 0.3) is 0 Å². The van der Waals surface area contributed by atoms with Crippen molar-refractivity contribution < 1.29 is 0 Å². The summed E-state index contributed by atoms with van der Waals surface area (Å²) >= 11 is 0. The third-order valence-electron chi connectivity index (χ3n) is 6.66. The highest BCUT2D eigenvalue weighted by atomic mass is 14.8. The number of hydrogen-bond donors (Lipinski definition) is 2. The van der Waals surface area contributed by atoms with Crippen molar-refractivity contribution in [1.29, 1.82) is 0 Å². The van der Waals surface area contributed by atoms with Gasteiger partial charge in [-0.2, -0.15) is 0 Å². The lowest BCUT2D eigenvalue weighted by molar-refractivity contribution is 0.356. The second kappa shape index (κ2) is 22.6. The van der Waals surface area contributed by atoms with E-state index >= 15 is 0 Å². The molecule has 3 atom stereocenters. The van der Waals surface area contributed by atoms with Crippen LogP contribution in [0.2, 0.25) is 0 Å². The Hall–Kier alpha value is -0.0800. The van der Waals surface area contributed by atoms with Crippen molar-refractivity contribution in [2.45, 2.75) is 137 Å². The number of nitrogens with one attached hydrogen (secondary N) is 1. The molecule has 0 aromatic carbocycles. The Balaban J connectivity index is 3.42. The van der Waals surface area contributed by atoms with Gasteiger partial charge < -0.3 is 11.1 Å². The van der Waals surface area contributed by atoms with Crippen molar-refractivity contribution in [1.82, 2.24) is 5.32 Å². The van der Waals surface area contributed by atoms with E-state index in [1.165, 1.54) is 109 Å². The molecule has 0 aromatic heterocycles. The average Bonchev–Trinajstić information content (AvgIpc) is 2.72. The highest BCUT2D eigenvalue weighted by molar-refractivity contribution is 4.63. The third-order valence-corrected chi connectivity index (χ3v) is 6.66. The van der Waals surface area contributed by atoms with E-state index in [1.54, 1.807) is 0 Å². The minimum atomic E-state index is 0.805. The second-order valence-electron chi connectivity index (χ2n) is 10.1. The predicted octanol–water partition coefficient (Wildman–Crippen LogP) is 8.09. The molecule has 0 bridgehead atoms. The summed E-state index contributed by atoms with van der Waals surface area (Å²) in [7, 11) is 0. The molecule has 0 aromatic rings. The molecular weight excluding hydrogens is 352 g/mol. The Kier molecular flexibility index (Phi) is 22.5. The highest BCUT2D eigenvalue weighted by Crippen LogP contribution is 2.22. The monoisotopic (exact) mass is 410 g/mol. The lowest BCUT2D eigenvalue weighted by Gasteiger charge is -2.18. The lowest BCUT2D eigenvalue weighted by atomic mass is 9.90. The summed E-state index contributed by atoms with van der Waals surface area (Å²) < 4.78 is 0. The van der Waals surface area contributed by atoms with Crippen molar-refractivity contribution >= 4 is 0 Å². The first kappa shape index (κ1) is 28.9. The summed E-state index contributed by atoms with van der Waals surface area (Å²) in [6.07, 6.45) is 24.0. The summed E-state index contributed by atoms with van der Waals surface area (Å²) in [6.45, 7) is 12.8. The van der Waals surface area contributed by atoms with Gasteiger partial charge in [-0.05, 0) is 56.7 Å². The molecule has 0 saturated heterocycles. The predicted molar refractivity (Wildman–Crippen MR) is 134 cm³/mol. The number of unbranched alkanes of at least 4 members (excludes halogenated alkanes) is 10. The van der Waals surface area contributed by atoms with E-state index in [0.717, 1.165) is 37.3 Å².